The summed E-state index contributed by atoms with van der Waals surface area (Å²) < 4.78 is 92.1. The first kappa shape index (κ1) is 18.7. The Labute approximate surface area is 110 Å². The predicted molar refractivity (Wildman–Crippen MR) is 56.1 cm³/mol. The lowest BCUT2D eigenvalue weighted by Gasteiger charge is -2.28. The molecule has 0 unspecified atom stereocenters. The average Bonchev–Trinajstić information content (AvgIpc) is 2.57. The molecule has 0 bridgehead atoms. The summed E-state index contributed by atoms with van der Waals surface area (Å²) in [5.41, 5.74) is 0. The summed E-state index contributed by atoms with van der Waals surface area (Å²) in [5, 5.41) is 0. The van der Waals surface area contributed by atoms with Crippen LogP contribution in [0, 0.1) is 6.92 Å². The lowest BCUT2D eigenvalue weighted by Crippen LogP contribution is -2.53. The van der Waals surface area contributed by atoms with Crippen molar-refractivity contribution in [1.29, 1.82) is 0 Å². The fourth-order valence-corrected chi connectivity index (χ4v) is 1.12. The van der Waals surface area contributed by atoms with Crippen LogP contribution in [0.15, 0.2) is 12.4 Å². The third-order valence-corrected chi connectivity index (χ3v) is 2.53. The van der Waals surface area contributed by atoms with Crippen molar-refractivity contribution in [1.82, 2.24) is 4.57 Å². The topological polar surface area (TPSA) is 8.81 Å². The average molecular weight is 312 g/mol. The molecule has 118 valence electrons. The van der Waals surface area contributed by atoms with E-state index in [0.29, 0.717) is 0 Å². The van der Waals surface area contributed by atoms with Crippen molar-refractivity contribution >= 4 is 6.98 Å². The first-order valence-corrected chi connectivity index (χ1v) is 5.41. The third-order valence-electron chi connectivity index (χ3n) is 2.53. The Morgan fingerprint density at radius 3 is 1.70 bits per heavy atom. The zero-order valence-corrected chi connectivity index (χ0v) is 10.9. The maximum absolute atomic E-state index is 11.2. The fraction of sp³-hybridized carbons (Fsp3) is 0.667. The van der Waals surface area contributed by atoms with Gasteiger partial charge >= 0.3 is 19.0 Å². The molecular formula is C9H13BF8N2. The smallest absolute Gasteiger partial charge is 0.445 e. The van der Waals surface area contributed by atoms with E-state index in [1.54, 1.807) is 0 Å². The molecule has 0 fully saturated rings. The molecular weight excluding hydrogens is 299 g/mol. The second-order valence-electron chi connectivity index (χ2n) is 3.94. The van der Waals surface area contributed by atoms with E-state index in [-0.39, 0.29) is 0 Å². The van der Waals surface area contributed by atoms with Crippen molar-refractivity contribution in [2.75, 3.05) is 0 Å². The lowest BCUT2D eigenvalue weighted by molar-refractivity contribution is -0.677. The Morgan fingerprint density at radius 2 is 1.60 bits per heavy atom. The van der Waals surface area contributed by atoms with Crippen LogP contribution in [0.25, 0.3) is 0 Å². The number of alkyl halides is 5. The summed E-state index contributed by atoms with van der Waals surface area (Å²) in [6, 6.07) is 0. The zero-order valence-electron chi connectivity index (χ0n) is 10.9. The highest BCUT2D eigenvalue weighted by atomic mass is 19.4. The van der Waals surface area contributed by atoms with Crippen molar-refractivity contribution in [3.8, 4) is 0 Å². The van der Waals surface area contributed by atoms with Crippen LogP contribution in [0.2, 0.25) is 0 Å². The number of nitrogens with zero attached hydrogens (tertiary/aromatic N) is 2. The van der Waals surface area contributed by atoms with Crippen LogP contribution >= 0.6 is 0 Å². The van der Waals surface area contributed by atoms with Gasteiger partial charge in [-0.2, -0.15) is 13.2 Å². The molecule has 0 atom stereocenters. The van der Waals surface area contributed by atoms with Crippen molar-refractivity contribution in [3.63, 3.8) is 0 Å². The molecule has 20 heavy (non-hydrogen) atoms. The molecule has 0 radical (unpaired) electrons. The summed E-state index contributed by atoms with van der Waals surface area (Å²) in [6.45, 7) is -1.89. The molecule has 0 saturated heterocycles. The van der Waals surface area contributed by atoms with Crippen LogP contribution in [0.4, 0.5) is 34.9 Å². The van der Waals surface area contributed by atoms with Crippen LogP contribution in [-0.2, 0) is 13.6 Å². The van der Waals surface area contributed by atoms with Crippen molar-refractivity contribution in [2.24, 2.45) is 7.05 Å². The van der Waals surface area contributed by atoms with Gasteiger partial charge in [-0.15, -0.1) is 0 Å². The largest absolute Gasteiger partial charge is 0.558 e. The monoisotopic (exact) mass is 312 g/mol. The maximum atomic E-state index is 11.2. The first-order chi connectivity index (χ1) is 8.75. The van der Waals surface area contributed by atoms with Gasteiger partial charge in [0.25, 0.3) is 5.82 Å². The van der Waals surface area contributed by atoms with E-state index < -0.39 is 19.0 Å². The van der Waals surface area contributed by atoms with Crippen molar-refractivity contribution < 1.29 is 39.5 Å². The van der Waals surface area contributed by atoms with E-state index in [0.717, 1.165) is 6.54 Å². The minimum Gasteiger partial charge on any atom is -0.445 e. The molecule has 1 aromatic rings. The molecule has 0 amide bonds. The molecule has 0 aliphatic rings. The van der Waals surface area contributed by atoms with Gasteiger partial charge in [-0.1, -0.05) is 0 Å². The highest BCUT2D eigenvalue weighted by Gasteiger charge is 2.69. The second kappa shape index (κ2) is 6.00. The van der Waals surface area contributed by atoms with Gasteiger partial charge in [0.1, 0.15) is 12.4 Å². The molecule has 1 heterocycles. The van der Waals surface area contributed by atoms with Crippen LogP contribution in [0.5, 0.6) is 0 Å². The summed E-state index contributed by atoms with van der Waals surface area (Å²) >= 11 is 0. The molecule has 0 aliphatic carbocycles. The molecule has 0 spiro atoms. The van der Waals surface area contributed by atoms with Gasteiger partial charge in [-0.25, -0.2) is 17.9 Å². The Morgan fingerprint density at radius 1 is 1.15 bits per heavy atom. The summed E-state index contributed by atoms with van der Waals surface area (Å²) in [4.78, 5) is 0. The van der Waals surface area contributed by atoms with Crippen LogP contribution in [0.3, 0.4) is 0 Å². The number of aryl methyl sites for hydroxylation is 2. The van der Waals surface area contributed by atoms with Gasteiger partial charge in [0.2, 0.25) is 0 Å². The van der Waals surface area contributed by atoms with Crippen LogP contribution in [0.1, 0.15) is 12.7 Å². The summed E-state index contributed by atoms with van der Waals surface area (Å²) in [6.07, 6.45) is -2.39. The second-order valence-corrected chi connectivity index (χ2v) is 3.94. The summed E-state index contributed by atoms with van der Waals surface area (Å²) in [5.74, 6) is -5.26. The molecule has 1 aromatic heterocycles. The number of hydrogen-bond acceptors (Lipinski definition) is 0. The number of hydrogen-bond donors (Lipinski definition) is 0. The Bertz CT molecular complexity index is 418. The van der Waals surface area contributed by atoms with E-state index >= 15 is 0 Å². The van der Waals surface area contributed by atoms with E-state index in [9.17, 15) is 34.9 Å². The minimum atomic E-state index is -7.21. The molecule has 0 saturated carbocycles. The summed E-state index contributed by atoms with van der Waals surface area (Å²) in [7, 11) is 2.06. The van der Waals surface area contributed by atoms with Gasteiger partial charge in [-0.3, -0.25) is 0 Å². The molecule has 0 aliphatic heterocycles. The normalized spacial score (nSPS) is 12.9. The maximum Gasteiger partial charge on any atom is 0.558 e. The number of aromatic nitrogens is 2. The van der Waals surface area contributed by atoms with Crippen molar-refractivity contribution in [2.45, 2.75) is 32.4 Å². The molecule has 0 N–H and O–H groups in total. The van der Waals surface area contributed by atoms with E-state index in [2.05, 4.69) is 42.4 Å². The van der Waals surface area contributed by atoms with Crippen LogP contribution in [-0.4, -0.2) is 23.5 Å². The highest BCUT2D eigenvalue weighted by Crippen LogP contribution is 2.43. The number of imidazole rings is 1. The van der Waals surface area contributed by atoms with E-state index in [1.807, 2.05) is 0 Å². The lowest BCUT2D eigenvalue weighted by atomic mass is 9.80. The Kier molecular flexibility index (Phi) is 5.62. The molecule has 2 nitrogen and oxygen atoms in total. The Balaban J connectivity index is 0.000000367. The van der Waals surface area contributed by atoms with Gasteiger partial charge < -0.3 is 12.9 Å². The van der Waals surface area contributed by atoms with Crippen LogP contribution < -0.4 is 4.57 Å². The van der Waals surface area contributed by atoms with Crippen molar-refractivity contribution in [3.05, 3.63) is 18.2 Å². The SMILES string of the molecule is CCn1cc[n+](C)c1C.F[B-](F)(F)C(F)(F)C(F)(F)F. The first-order valence-electron chi connectivity index (χ1n) is 5.41. The molecule has 0 aromatic carbocycles. The number of rotatable bonds is 2. The standard InChI is InChI=1S/C7H13N2.C2BF8/c1-4-9-6-5-8(3)7(9)2;4-1(5,2(6,7)8)3(9,10)11/h5-6H,4H2,1-3H3;/q+1;-1. The van der Waals surface area contributed by atoms with Gasteiger partial charge in [-0.05, 0) is 6.92 Å². The molecule has 1 rings (SSSR count). The number of halogens is 8. The van der Waals surface area contributed by atoms with E-state index in [4.69, 9.17) is 0 Å². The van der Waals surface area contributed by atoms with E-state index in [1.165, 1.54) is 5.82 Å². The van der Waals surface area contributed by atoms with Gasteiger partial charge in [0, 0.05) is 6.92 Å². The van der Waals surface area contributed by atoms with Gasteiger partial charge in [0.05, 0.1) is 13.6 Å². The minimum absolute atomic E-state index is 1.06. The highest BCUT2D eigenvalue weighted by molar-refractivity contribution is 6.61. The fourth-order valence-electron chi connectivity index (χ4n) is 1.12. The molecule has 11 heteroatoms. The van der Waals surface area contributed by atoms with Gasteiger partial charge in [0.15, 0.2) is 0 Å². The Hall–Kier alpha value is -1.29. The third kappa shape index (κ3) is 4.10. The zero-order chi connectivity index (χ0) is 16.4. The quantitative estimate of drug-likeness (QED) is 0.450. The predicted octanol–water partition coefficient (Wildman–Crippen LogP) is 3.21.